The highest BCUT2D eigenvalue weighted by Crippen LogP contribution is 2.44. The van der Waals surface area contributed by atoms with E-state index in [4.69, 9.17) is 0 Å². The number of carbonyl (C=O) groups excluding carboxylic acids is 2. The van der Waals surface area contributed by atoms with Gasteiger partial charge < -0.3 is 10.6 Å². The zero-order valence-electron chi connectivity index (χ0n) is 17.4. The van der Waals surface area contributed by atoms with Crippen molar-refractivity contribution in [2.45, 2.75) is 60.3 Å². The Kier molecular flexibility index (Phi) is 5.94. The summed E-state index contributed by atoms with van der Waals surface area (Å²) in [6.45, 7) is 10.7. The van der Waals surface area contributed by atoms with Gasteiger partial charge in [0.25, 0.3) is 5.91 Å². The molecule has 1 atom stereocenters. The molecule has 1 aromatic carbocycles. The van der Waals surface area contributed by atoms with Crippen molar-refractivity contribution in [3.63, 3.8) is 0 Å². The molecule has 5 heteroatoms. The fourth-order valence-electron chi connectivity index (χ4n) is 3.78. The number of hydrogen-bond acceptors (Lipinski definition) is 3. The molecule has 2 amide bonds. The lowest BCUT2D eigenvalue weighted by Crippen LogP contribution is -2.27. The minimum atomic E-state index is -0.135. The third-order valence-electron chi connectivity index (χ3n) is 5.57. The van der Waals surface area contributed by atoms with Gasteiger partial charge in [-0.05, 0) is 60.8 Å². The maximum absolute atomic E-state index is 13.2. The second kappa shape index (κ2) is 8.08. The van der Waals surface area contributed by atoms with Crippen molar-refractivity contribution in [1.82, 2.24) is 0 Å². The fourth-order valence-corrected chi connectivity index (χ4v) is 5.13. The molecule has 0 spiro atoms. The van der Waals surface area contributed by atoms with Gasteiger partial charge in [-0.2, -0.15) is 0 Å². The topological polar surface area (TPSA) is 58.2 Å². The van der Waals surface area contributed by atoms with Gasteiger partial charge in [0, 0.05) is 17.0 Å². The zero-order valence-corrected chi connectivity index (χ0v) is 18.3. The molecule has 3 rings (SSSR count). The molecule has 1 aliphatic carbocycles. The van der Waals surface area contributed by atoms with E-state index in [0.29, 0.717) is 22.9 Å². The highest BCUT2D eigenvalue weighted by Gasteiger charge is 2.34. The van der Waals surface area contributed by atoms with Gasteiger partial charge in [0.05, 0.1) is 5.56 Å². The summed E-state index contributed by atoms with van der Waals surface area (Å²) < 4.78 is 0. The Morgan fingerprint density at radius 1 is 1.21 bits per heavy atom. The molecule has 150 valence electrons. The van der Waals surface area contributed by atoms with Crippen molar-refractivity contribution in [1.29, 1.82) is 0 Å². The van der Waals surface area contributed by atoms with Gasteiger partial charge in [0.1, 0.15) is 5.00 Å². The molecule has 1 heterocycles. The maximum Gasteiger partial charge on any atom is 0.258 e. The van der Waals surface area contributed by atoms with Gasteiger partial charge in [-0.3, -0.25) is 9.59 Å². The summed E-state index contributed by atoms with van der Waals surface area (Å²) in [5, 5.41) is 6.68. The molecule has 0 unspecified atom stereocenters. The van der Waals surface area contributed by atoms with Crippen molar-refractivity contribution in [3.8, 4) is 0 Å². The first-order chi connectivity index (χ1) is 13.2. The molecule has 0 aliphatic heterocycles. The molecular weight excluding hydrogens is 368 g/mol. The van der Waals surface area contributed by atoms with Gasteiger partial charge in [0.15, 0.2) is 0 Å². The van der Waals surface area contributed by atoms with E-state index in [1.165, 1.54) is 4.88 Å². The van der Waals surface area contributed by atoms with Crippen molar-refractivity contribution >= 4 is 33.8 Å². The summed E-state index contributed by atoms with van der Waals surface area (Å²) in [6, 6.07) is 7.78. The molecule has 1 aromatic heterocycles. The van der Waals surface area contributed by atoms with E-state index in [1.54, 1.807) is 11.3 Å². The lowest BCUT2D eigenvalue weighted by atomic mass is 9.72. The molecule has 2 aromatic rings. The number of aryl methyl sites for hydroxylation is 1. The van der Waals surface area contributed by atoms with Crippen LogP contribution in [0.5, 0.6) is 0 Å². The van der Waals surface area contributed by atoms with Gasteiger partial charge in [-0.25, -0.2) is 0 Å². The molecule has 0 saturated carbocycles. The van der Waals surface area contributed by atoms with Crippen LogP contribution in [0.3, 0.4) is 0 Å². The van der Waals surface area contributed by atoms with E-state index in [1.807, 2.05) is 38.1 Å². The highest BCUT2D eigenvalue weighted by atomic mass is 32.1. The second-order valence-corrected chi connectivity index (χ2v) is 9.84. The SMILES string of the molecule is CCC(=O)Nc1sc2c(c1C(=O)Nc1cccc(C)c1)CC[C@@H](C(C)(C)C)C2. The van der Waals surface area contributed by atoms with Crippen LogP contribution in [0.1, 0.15) is 66.9 Å². The summed E-state index contributed by atoms with van der Waals surface area (Å²) >= 11 is 1.57. The largest absolute Gasteiger partial charge is 0.322 e. The van der Waals surface area contributed by atoms with Crippen LogP contribution in [-0.2, 0) is 17.6 Å². The molecule has 0 bridgehead atoms. The molecule has 4 nitrogen and oxygen atoms in total. The summed E-state index contributed by atoms with van der Waals surface area (Å²) in [4.78, 5) is 26.5. The Morgan fingerprint density at radius 2 is 1.96 bits per heavy atom. The number of anilines is 2. The molecule has 1 aliphatic rings. The first kappa shape index (κ1) is 20.6. The number of hydrogen-bond donors (Lipinski definition) is 2. The predicted molar refractivity (Wildman–Crippen MR) is 117 cm³/mol. The number of rotatable bonds is 4. The van der Waals surface area contributed by atoms with Crippen LogP contribution < -0.4 is 10.6 Å². The average molecular weight is 399 g/mol. The smallest absolute Gasteiger partial charge is 0.258 e. The first-order valence-electron chi connectivity index (χ1n) is 10.0. The number of thiophene rings is 1. The molecule has 28 heavy (non-hydrogen) atoms. The average Bonchev–Trinajstić information content (AvgIpc) is 2.97. The maximum atomic E-state index is 13.2. The normalized spacial score (nSPS) is 16.4. The minimum Gasteiger partial charge on any atom is -0.322 e. The third-order valence-corrected chi connectivity index (χ3v) is 6.74. The highest BCUT2D eigenvalue weighted by molar-refractivity contribution is 7.17. The first-order valence-corrected chi connectivity index (χ1v) is 10.8. The van der Waals surface area contributed by atoms with Crippen LogP contribution in [0, 0.1) is 18.3 Å². The zero-order chi connectivity index (χ0) is 20.5. The molecule has 0 radical (unpaired) electrons. The van der Waals surface area contributed by atoms with E-state index in [2.05, 4.69) is 31.4 Å². The monoisotopic (exact) mass is 398 g/mol. The number of nitrogens with one attached hydrogen (secondary N) is 2. The Hall–Kier alpha value is -2.14. The lowest BCUT2D eigenvalue weighted by molar-refractivity contribution is -0.115. The van der Waals surface area contributed by atoms with Gasteiger partial charge >= 0.3 is 0 Å². The molecule has 0 fully saturated rings. The summed E-state index contributed by atoms with van der Waals surface area (Å²) in [5.74, 6) is 0.389. The standard InChI is InChI=1S/C23H30N2O2S/c1-6-19(26)25-22-20(21(27)24-16-9-7-8-14(2)12-16)17-11-10-15(23(3,4)5)13-18(17)28-22/h7-9,12,15H,6,10-11,13H2,1-5H3,(H,24,27)(H,25,26)/t15-/m1/s1. The van der Waals surface area contributed by atoms with E-state index in [-0.39, 0.29) is 17.2 Å². The number of benzene rings is 1. The Labute approximate surface area is 171 Å². The second-order valence-electron chi connectivity index (χ2n) is 8.74. The van der Waals surface area contributed by atoms with Crippen molar-refractivity contribution in [3.05, 3.63) is 45.8 Å². The summed E-state index contributed by atoms with van der Waals surface area (Å²) in [5.41, 5.74) is 3.87. The van der Waals surface area contributed by atoms with E-state index < -0.39 is 0 Å². The van der Waals surface area contributed by atoms with E-state index in [0.717, 1.165) is 36.1 Å². The number of fused-ring (bicyclic) bond motifs is 1. The lowest BCUT2D eigenvalue weighted by Gasteiger charge is -2.33. The third kappa shape index (κ3) is 4.46. The van der Waals surface area contributed by atoms with Gasteiger partial charge in [-0.15, -0.1) is 11.3 Å². The van der Waals surface area contributed by atoms with Crippen LogP contribution in [0.15, 0.2) is 24.3 Å². The van der Waals surface area contributed by atoms with Crippen LogP contribution in [0.2, 0.25) is 0 Å². The summed E-state index contributed by atoms with van der Waals surface area (Å²) in [6.07, 6.45) is 3.31. The van der Waals surface area contributed by atoms with Crippen LogP contribution in [-0.4, -0.2) is 11.8 Å². The van der Waals surface area contributed by atoms with Crippen molar-refractivity contribution < 1.29 is 9.59 Å². The Bertz CT molecular complexity index is 892. The van der Waals surface area contributed by atoms with Gasteiger partial charge in [0.2, 0.25) is 5.91 Å². The van der Waals surface area contributed by atoms with E-state index >= 15 is 0 Å². The minimum absolute atomic E-state index is 0.0597. The van der Waals surface area contributed by atoms with Crippen LogP contribution in [0.25, 0.3) is 0 Å². The predicted octanol–water partition coefficient (Wildman–Crippen LogP) is 5.81. The quantitative estimate of drug-likeness (QED) is 0.683. The van der Waals surface area contributed by atoms with Crippen LogP contribution >= 0.6 is 11.3 Å². The van der Waals surface area contributed by atoms with Crippen LogP contribution in [0.4, 0.5) is 10.7 Å². The van der Waals surface area contributed by atoms with Crippen molar-refractivity contribution in [2.75, 3.05) is 10.6 Å². The van der Waals surface area contributed by atoms with Crippen molar-refractivity contribution in [2.24, 2.45) is 11.3 Å². The number of carbonyl (C=O) groups is 2. The summed E-state index contributed by atoms with van der Waals surface area (Å²) in [7, 11) is 0. The van der Waals surface area contributed by atoms with Gasteiger partial charge in [-0.1, -0.05) is 39.8 Å². The number of amides is 2. The molecule has 0 saturated heterocycles. The molecule has 2 N–H and O–H groups in total. The Balaban J connectivity index is 1.95. The molecular formula is C23H30N2O2S. The Morgan fingerprint density at radius 3 is 2.61 bits per heavy atom. The fraction of sp³-hybridized carbons (Fsp3) is 0.478. The van der Waals surface area contributed by atoms with E-state index in [9.17, 15) is 9.59 Å².